The van der Waals surface area contributed by atoms with Gasteiger partial charge in [-0.3, -0.25) is 19.6 Å². The molecule has 69 heavy (non-hydrogen) atoms. The summed E-state index contributed by atoms with van der Waals surface area (Å²) in [5, 5.41) is 3.14. The summed E-state index contributed by atoms with van der Waals surface area (Å²) in [6, 6.07) is 22.6. The highest BCUT2D eigenvalue weighted by molar-refractivity contribution is 6.06. The Morgan fingerprint density at radius 3 is 1.46 bits per heavy atom. The molecule has 8 rings (SSSR count). The average Bonchev–Trinajstić information content (AvgIpc) is 3.96. The summed E-state index contributed by atoms with van der Waals surface area (Å²) >= 11 is 0. The van der Waals surface area contributed by atoms with Gasteiger partial charge < -0.3 is 57.7 Å². The molecule has 4 aliphatic rings. The van der Waals surface area contributed by atoms with Gasteiger partial charge in [0.15, 0.2) is 23.0 Å². The third-order valence-corrected chi connectivity index (χ3v) is 12.2. The van der Waals surface area contributed by atoms with Crippen LogP contribution in [0.4, 0.5) is 17.1 Å². The van der Waals surface area contributed by atoms with Gasteiger partial charge in [-0.2, -0.15) is 0 Å². The molecule has 0 saturated carbocycles. The van der Waals surface area contributed by atoms with Gasteiger partial charge in [0.2, 0.25) is 0 Å². The predicted octanol–water partition coefficient (Wildman–Crippen LogP) is 8.39. The van der Waals surface area contributed by atoms with Gasteiger partial charge in [0.25, 0.3) is 11.8 Å². The standard InChI is InChI=1S/C53H61N5O11/c1-54-40-12-8-36(9-13-40)38-26-41-32-55-46-30-50(48(62-3)28-44(46)52(59)57(41)34-38)68-16-6-5-7-17-69-51-31-47-45(29-49(51)63-4)53(60)58-35-39(27-42(58)33-56-47)37-10-14-43(15-11-37)67-25-24-66-23-22-65-21-20-64-19-18-61-2/h8-15,28-35,41-42,54H,5-7,16-27H2,1-4H3. The van der Waals surface area contributed by atoms with Crippen LogP contribution < -0.4 is 29.0 Å². The Morgan fingerprint density at radius 2 is 1.00 bits per heavy atom. The van der Waals surface area contributed by atoms with Crippen LogP contribution in [0, 0.1) is 0 Å². The smallest absolute Gasteiger partial charge is 0.260 e. The Kier molecular flexibility index (Phi) is 17.0. The van der Waals surface area contributed by atoms with Crippen molar-refractivity contribution in [2.45, 2.75) is 44.2 Å². The van der Waals surface area contributed by atoms with Gasteiger partial charge in [-0.25, -0.2) is 0 Å². The highest BCUT2D eigenvalue weighted by Crippen LogP contribution is 2.42. The molecule has 0 radical (unpaired) electrons. The number of nitrogens with one attached hydrogen (secondary N) is 1. The van der Waals surface area contributed by atoms with Gasteiger partial charge in [0.1, 0.15) is 12.4 Å². The van der Waals surface area contributed by atoms with Gasteiger partial charge in [0.05, 0.1) is 108 Å². The van der Waals surface area contributed by atoms with Crippen LogP contribution in [0.2, 0.25) is 0 Å². The van der Waals surface area contributed by atoms with Crippen LogP contribution in [0.25, 0.3) is 11.1 Å². The minimum atomic E-state index is -0.227. The molecule has 2 atom stereocenters. The molecule has 4 aromatic rings. The van der Waals surface area contributed by atoms with Crippen LogP contribution in [0.15, 0.2) is 95.2 Å². The van der Waals surface area contributed by atoms with Crippen LogP contribution in [-0.2, 0) is 18.9 Å². The molecule has 2 unspecified atom stereocenters. The lowest BCUT2D eigenvalue weighted by atomic mass is 10.0. The third-order valence-electron chi connectivity index (χ3n) is 12.2. The average molecular weight is 944 g/mol. The summed E-state index contributed by atoms with van der Waals surface area (Å²) in [6.45, 7) is 4.87. The van der Waals surface area contributed by atoms with Crippen molar-refractivity contribution in [3.05, 3.63) is 107 Å². The lowest BCUT2D eigenvalue weighted by molar-refractivity contribution is 0.000164. The van der Waals surface area contributed by atoms with Crippen molar-refractivity contribution in [3.8, 4) is 28.7 Å². The Hall–Kier alpha value is -6.72. The number of fused-ring (bicyclic) bond motifs is 4. The van der Waals surface area contributed by atoms with Crippen molar-refractivity contribution in [1.29, 1.82) is 0 Å². The van der Waals surface area contributed by atoms with E-state index in [-0.39, 0.29) is 23.9 Å². The van der Waals surface area contributed by atoms with Crippen LogP contribution in [0.5, 0.6) is 28.7 Å². The Morgan fingerprint density at radius 1 is 0.536 bits per heavy atom. The second kappa shape index (κ2) is 24.0. The van der Waals surface area contributed by atoms with Crippen molar-refractivity contribution in [2.24, 2.45) is 9.98 Å². The van der Waals surface area contributed by atoms with Crippen LogP contribution >= 0.6 is 0 Å². The molecule has 364 valence electrons. The van der Waals surface area contributed by atoms with Crippen molar-refractivity contribution in [1.82, 2.24) is 9.80 Å². The third kappa shape index (κ3) is 12.1. The lowest BCUT2D eigenvalue weighted by Crippen LogP contribution is -2.32. The minimum Gasteiger partial charge on any atom is -0.493 e. The van der Waals surface area contributed by atoms with E-state index in [2.05, 4.69) is 17.4 Å². The second-order valence-corrected chi connectivity index (χ2v) is 16.7. The first-order chi connectivity index (χ1) is 33.9. The Balaban J connectivity index is 0.772. The second-order valence-electron chi connectivity index (χ2n) is 16.7. The first kappa shape index (κ1) is 48.7. The highest BCUT2D eigenvalue weighted by Gasteiger charge is 2.35. The molecule has 0 saturated heterocycles. The lowest BCUT2D eigenvalue weighted by Gasteiger charge is -2.19. The van der Waals surface area contributed by atoms with Gasteiger partial charge in [-0.1, -0.05) is 24.3 Å². The number of carbonyl (C=O) groups excluding carboxylic acids is 2. The number of unbranched alkanes of at least 4 members (excludes halogenated alkanes) is 2. The molecule has 16 heteroatoms. The number of carbonyl (C=O) groups is 2. The van der Waals surface area contributed by atoms with Crippen LogP contribution in [0.1, 0.15) is 63.9 Å². The van der Waals surface area contributed by atoms with E-state index in [1.54, 1.807) is 55.4 Å². The largest absolute Gasteiger partial charge is 0.493 e. The fourth-order valence-electron chi connectivity index (χ4n) is 8.41. The number of hydrogen-bond donors (Lipinski definition) is 1. The molecule has 1 N–H and O–H groups in total. The molecule has 4 aromatic carbocycles. The number of benzene rings is 4. The Bertz CT molecular complexity index is 2520. The van der Waals surface area contributed by atoms with E-state index in [0.717, 1.165) is 53.0 Å². The van der Waals surface area contributed by atoms with Crippen LogP contribution in [-0.4, -0.2) is 141 Å². The molecule has 0 bridgehead atoms. The van der Waals surface area contributed by atoms with Crippen molar-refractivity contribution < 1.29 is 52.2 Å². The number of ether oxygens (including phenoxy) is 9. The van der Waals surface area contributed by atoms with Gasteiger partial charge >= 0.3 is 0 Å². The SMILES string of the molecule is CNc1ccc(C2=CN3C(=O)c4cc(OC)c(OCCCCCOc5cc6c(cc5OC)C(=O)N5C=C(c7ccc(OCCOCCOCCOCCOC)cc7)CC5C=N6)cc4N=CC3C2)cc1. The number of aliphatic imine (C=N–C) groups is 2. The zero-order valence-electron chi connectivity index (χ0n) is 39.8. The normalized spacial score (nSPS) is 16.8. The summed E-state index contributed by atoms with van der Waals surface area (Å²) in [7, 11) is 6.66. The molecule has 16 nitrogen and oxygen atoms in total. The zero-order chi connectivity index (χ0) is 48.0. The topological polar surface area (TPSA) is 160 Å². The zero-order valence-corrected chi connectivity index (χ0v) is 39.8. The van der Waals surface area contributed by atoms with E-state index in [1.165, 1.54) is 0 Å². The monoisotopic (exact) mass is 943 g/mol. The van der Waals surface area contributed by atoms with E-state index >= 15 is 0 Å². The Labute approximate surface area is 403 Å². The minimum absolute atomic E-state index is 0.130. The number of anilines is 1. The van der Waals surface area contributed by atoms with Gasteiger partial charge in [-0.15, -0.1) is 0 Å². The molecular weight excluding hydrogens is 883 g/mol. The van der Waals surface area contributed by atoms with E-state index in [0.29, 0.717) is 124 Å². The highest BCUT2D eigenvalue weighted by atomic mass is 16.6. The van der Waals surface area contributed by atoms with E-state index in [4.69, 9.17) is 52.6 Å². The number of methoxy groups -OCH3 is 3. The summed E-state index contributed by atoms with van der Waals surface area (Å²) in [5.74, 6) is 2.44. The molecule has 2 amide bonds. The van der Waals surface area contributed by atoms with E-state index in [1.807, 2.05) is 68.3 Å². The van der Waals surface area contributed by atoms with Crippen molar-refractivity contribution in [3.63, 3.8) is 0 Å². The maximum atomic E-state index is 13.9. The quantitative estimate of drug-likeness (QED) is 0.0600. The van der Waals surface area contributed by atoms with E-state index < -0.39 is 0 Å². The van der Waals surface area contributed by atoms with Crippen molar-refractivity contribution >= 4 is 52.5 Å². The molecule has 0 fully saturated rings. The summed E-state index contributed by atoms with van der Waals surface area (Å²) < 4.78 is 51.0. The molecule has 0 aliphatic carbocycles. The first-order valence-corrected chi connectivity index (χ1v) is 23.5. The van der Waals surface area contributed by atoms with Gasteiger partial charge in [0, 0.05) is 69.6 Å². The number of rotatable bonds is 26. The number of nitrogens with zero attached hydrogens (tertiary/aromatic N) is 4. The van der Waals surface area contributed by atoms with Crippen LogP contribution in [0.3, 0.4) is 0 Å². The fourth-order valence-corrected chi connectivity index (χ4v) is 8.41. The maximum Gasteiger partial charge on any atom is 0.260 e. The first-order valence-electron chi connectivity index (χ1n) is 23.5. The molecule has 0 aromatic heterocycles. The maximum absolute atomic E-state index is 13.9. The summed E-state index contributed by atoms with van der Waals surface area (Å²) in [6.07, 6.45) is 11.2. The molecular formula is C53H61N5O11. The fraction of sp³-hybridized carbons (Fsp3) is 0.396. The molecule has 4 aliphatic heterocycles. The number of hydrogen-bond acceptors (Lipinski definition) is 14. The predicted molar refractivity (Wildman–Crippen MR) is 264 cm³/mol. The molecule has 0 spiro atoms. The van der Waals surface area contributed by atoms with Crippen molar-refractivity contribution in [2.75, 3.05) is 99.8 Å². The number of amides is 2. The van der Waals surface area contributed by atoms with Gasteiger partial charge in [-0.05, 0) is 77.9 Å². The summed E-state index contributed by atoms with van der Waals surface area (Å²) in [4.78, 5) is 40.7. The summed E-state index contributed by atoms with van der Waals surface area (Å²) in [5.41, 5.74) is 7.22. The van der Waals surface area contributed by atoms with E-state index in [9.17, 15) is 9.59 Å². The molecule has 4 heterocycles.